The Hall–Kier alpha value is -0.860. The van der Waals surface area contributed by atoms with Crippen LogP contribution in [0.15, 0.2) is 4.99 Å². The van der Waals surface area contributed by atoms with Crippen molar-refractivity contribution in [2.24, 2.45) is 10.9 Å². The Kier molecular flexibility index (Phi) is 12.1. The molecular formula is C15H34N4O3S. The molecule has 0 aliphatic heterocycles. The van der Waals surface area contributed by atoms with Crippen molar-refractivity contribution < 1.29 is 13.2 Å². The second-order valence-corrected chi connectivity index (χ2v) is 7.57. The van der Waals surface area contributed by atoms with E-state index in [4.69, 9.17) is 4.74 Å². The van der Waals surface area contributed by atoms with Crippen molar-refractivity contribution in [1.29, 1.82) is 0 Å². The van der Waals surface area contributed by atoms with Gasteiger partial charge in [0.15, 0.2) is 5.96 Å². The lowest BCUT2D eigenvalue weighted by Crippen LogP contribution is -2.39. The van der Waals surface area contributed by atoms with Crippen LogP contribution in [-0.4, -0.2) is 59.5 Å². The highest BCUT2D eigenvalue weighted by atomic mass is 32.2. The molecule has 0 saturated heterocycles. The van der Waals surface area contributed by atoms with Crippen LogP contribution in [0.5, 0.6) is 0 Å². The Balaban J connectivity index is 4.16. The van der Waals surface area contributed by atoms with Crippen LogP contribution in [0.3, 0.4) is 0 Å². The van der Waals surface area contributed by atoms with Crippen molar-refractivity contribution in [1.82, 2.24) is 15.4 Å². The zero-order chi connectivity index (χ0) is 17.7. The summed E-state index contributed by atoms with van der Waals surface area (Å²) in [7, 11) is -3.12. The minimum Gasteiger partial charge on any atom is -0.378 e. The lowest BCUT2D eigenvalue weighted by atomic mass is 10.0. The van der Waals surface area contributed by atoms with Crippen LogP contribution < -0.4 is 15.4 Å². The second-order valence-electron chi connectivity index (χ2n) is 5.73. The number of sulfonamides is 1. The molecule has 0 aromatic heterocycles. The molecule has 0 rings (SSSR count). The fraction of sp³-hybridized carbons (Fsp3) is 0.933. The third-order valence-electron chi connectivity index (χ3n) is 3.16. The lowest BCUT2D eigenvalue weighted by Gasteiger charge is -2.21. The van der Waals surface area contributed by atoms with Crippen molar-refractivity contribution in [3.8, 4) is 0 Å². The van der Waals surface area contributed by atoms with Crippen molar-refractivity contribution in [3.05, 3.63) is 0 Å². The van der Waals surface area contributed by atoms with Crippen molar-refractivity contribution in [3.63, 3.8) is 0 Å². The third kappa shape index (κ3) is 13.3. The number of hydrogen-bond donors (Lipinski definition) is 3. The molecule has 0 aromatic carbocycles. The maximum Gasteiger partial charge on any atom is 0.208 e. The topological polar surface area (TPSA) is 91.8 Å². The van der Waals surface area contributed by atoms with E-state index in [0.29, 0.717) is 25.4 Å². The van der Waals surface area contributed by atoms with E-state index in [1.54, 1.807) is 0 Å². The SMILES string of the molecule is CCNC(=NCCCNS(C)(=O)=O)NCCC(OCC)C(C)C. The van der Waals surface area contributed by atoms with Gasteiger partial charge in [-0.05, 0) is 32.6 Å². The summed E-state index contributed by atoms with van der Waals surface area (Å²) >= 11 is 0. The van der Waals surface area contributed by atoms with Gasteiger partial charge in [0, 0.05) is 32.8 Å². The predicted octanol–water partition coefficient (Wildman–Crippen LogP) is 0.932. The van der Waals surface area contributed by atoms with E-state index < -0.39 is 10.0 Å². The minimum absolute atomic E-state index is 0.245. The normalized spacial score (nSPS) is 14.1. The van der Waals surface area contributed by atoms with E-state index in [2.05, 4.69) is 34.2 Å². The number of ether oxygens (including phenoxy) is 1. The van der Waals surface area contributed by atoms with E-state index in [-0.39, 0.29) is 6.10 Å². The molecule has 23 heavy (non-hydrogen) atoms. The van der Waals surface area contributed by atoms with Crippen molar-refractivity contribution >= 4 is 16.0 Å². The van der Waals surface area contributed by atoms with Crippen LogP contribution in [0.25, 0.3) is 0 Å². The maximum atomic E-state index is 11.0. The number of guanidine groups is 1. The highest BCUT2D eigenvalue weighted by Gasteiger charge is 2.12. The summed E-state index contributed by atoms with van der Waals surface area (Å²) in [6.07, 6.45) is 2.99. The monoisotopic (exact) mass is 350 g/mol. The zero-order valence-electron chi connectivity index (χ0n) is 15.2. The van der Waals surface area contributed by atoms with Gasteiger partial charge in [-0.25, -0.2) is 13.1 Å². The molecule has 8 heteroatoms. The van der Waals surface area contributed by atoms with Gasteiger partial charge in [-0.3, -0.25) is 4.99 Å². The summed E-state index contributed by atoms with van der Waals surface area (Å²) in [5, 5.41) is 6.48. The molecule has 3 N–H and O–H groups in total. The largest absolute Gasteiger partial charge is 0.378 e. The van der Waals surface area contributed by atoms with Gasteiger partial charge < -0.3 is 15.4 Å². The number of nitrogens with one attached hydrogen (secondary N) is 3. The first-order valence-electron chi connectivity index (χ1n) is 8.38. The number of aliphatic imine (C=N–C) groups is 1. The molecule has 0 saturated carbocycles. The van der Waals surface area contributed by atoms with Gasteiger partial charge >= 0.3 is 0 Å². The highest BCUT2D eigenvalue weighted by Crippen LogP contribution is 2.09. The van der Waals surface area contributed by atoms with Crippen molar-refractivity contribution in [2.45, 2.75) is 46.6 Å². The van der Waals surface area contributed by atoms with Gasteiger partial charge in [-0.1, -0.05) is 13.8 Å². The molecule has 7 nitrogen and oxygen atoms in total. The van der Waals surface area contributed by atoms with Gasteiger partial charge in [-0.2, -0.15) is 0 Å². The molecule has 0 aliphatic rings. The van der Waals surface area contributed by atoms with Crippen LogP contribution >= 0.6 is 0 Å². The lowest BCUT2D eigenvalue weighted by molar-refractivity contribution is 0.0258. The molecule has 0 bridgehead atoms. The third-order valence-corrected chi connectivity index (χ3v) is 3.89. The van der Waals surface area contributed by atoms with E-state index in [0.717, 1.165) is 38.3 Å². The molecule has 0 spiro atoms. The Morgan fingerprint density at radius 1 is 1.17 bits per heavy atom. The van der Waals surface area contributed by atoms with Gasteiger partial charge in [0.2, 0.25) is 10.0 Å². The molecule has 0 aliphatic carbocycles. The predicted molar refractivity (Wildman–Crippen MR) is 96.3 cm³/mol. The number of nitrogens with zero attached hydrogens (tertiary/aromatic N) is 1. The molecule has 0 aromatic rings. The summed E-state index contributed by atoms with van der Waals surface area (Å²) in [6, 6.07) is 0. The average molecular weight is 351 g/mol. The van der Waals surface area contributed by atoms with E-state index in [1.165, 1.54) is 0 Å². The smallest absolute Gasteiger partial charge is 0.208 e. The highest BCUT2D eigenvalue weighted by molar-refractivity contribution is 7.88. The Morgan fingerprint density at radius 3 is 2.39 bits per heavy atom. The van der Waals surface area contributed by atoms with Gasteiger partial charge in [0.25, 0.3) is 0 Å². The summed E-state index contributed by atoms with van der Waals surface area (Å²) < 4.78 is 30.1. The first kappa shape index (κ1) is 22.1. The van der Waals surface area contributed by atoms with Crippen LogP contribution in [0, 0.1) is 5.92 Å². The molecule has 1 unspecified atom stereocenters. The Labute approximate surface area is 141 Å². The average Bonchev–Trinajstić information content (AvgIpc) is 2.44. The van der Waals surface area contributed by atoms with E-state index in [9.17, 15) is 8.42 Å². The standard InChI is InChI=1S/C15H34N4O3S/c1-6-16-15(17-10-8-11-19-23(5,20)21)18-12-9-14(13(3)4)22-7-2/h13-14,19H,6-12H2,1-5H3,(H2,16,17,18). The molecule has 1 atom stereocenters. The van der Waals surface area contributed by atoms with Crippen LogP contribution in [0.1, 0.15) is 40.5 Å². The van der Waals surface area contributed by atoms with Gasteiger partial charge in [0.1, 0.15) is 0 Å². The molecule has 0 heterocycles. The van der Waals surface area contributed by atoms with Gasteiger partial charge in [-0.15, -0.1) is 0 Å². The van der Waals surface area contributed by atoms with E-state index in [1.807, 2.05) is 13.8 Å². The molecule has 0 fully saturated rings. The molecule has 0 radical (unpaired) electrons. The van der Waals surface area contributed by atoms with Crippen LogP contribution in [0.2, 0.25) is 0 Å². The number of rotatable bonds is 12. The van der Waals surface area contributed by atoms with E-state index >= 15 is 0 Å². The summed E-state index contributed by atoms with van der Waals surface area (Å²) in [5.74, 6) is 1.24. The second kappa shape index (κ2) is 12.5. The molecule has 138 valence electrons. The zero-order valence-corrected chi connectivity index (χ0v) is 16.0. The van der Waals surface area contributed by atoms with Crippen LogP contribution in [-0.2, 0) is 14.8 Å². The number of hydrogen-bond acceptors (Lipinski definition) is 4. The fourth-order valence-corrected chi connectivity index (χ4v) is 2.54. The Bertz CT molecular complexity index is 424. The van der Waals surface area contributed by atoms with Crippen molar-refractivity contribution in [2.75, 3.05) is 39.0 Å². The quantitative estimate of drug-likeness (QED) is 0.277. The first-order valence-corrected chi connectivity index (χ1v) is 10.3. The maximum absolute atomic E-state index is 11.0. The van der Waals surface area contributed by atoms with Crippen LogP contribution in [0.4, 0.5) is 0 Å². The summed E-state index contributed by atoms with van der Waals surface area (Å²) in [6.45, 7) is 11.6. The van der Waals surface area contributed by atoms with Gasteiger partial charge in [0.05, 0.1) is 12.4 Å². The summed E-state index contributed by atoms with van der Waals surface area (Å²) in [5.41, 5.74) is 0. The Morgan fingerprint density at radius 2 is 1.87 bits per heavy atom. The molecule has 0 amide bonds. The first-order chi connectivity index (χ1) is 10.8. The molecular weight excluding hydrogens is 316 g/mol. The summed E-state index contributed by atoms with van der Waals surface area (Å²) in [4.78, 5) is 4.44. The minimum atomic E-state index is -3.12. The fourth-order valence-electron chi connectivity index (χ4n) is 2.03.